The summed E-state index contributed by atoms with van der Waals surface area (Å²) >= 11 is 9.56. The lowest BCUT2D eigenvalue weighted by Gasteiger charge is -2.27. The fourth-order valence-corrected chi connectivity index (χ4v) is 5.94. The molecule has 1 amide bonds. The SMILES string of the molecule is CCSc1ccc(C(=O)N(CCCN2CCOCC2)c2nc3c(C)cc(Cl)cc3s2)cc1. The van der Waals surface area contributed by atoms with Crippen molar-refractivity contribution in [1.29, 1.82) is 0 Å². The van der Waals surface area contributed by atoms with E-state index in [1.54, 1.807) is 11.8 Å². The largest absolute Gasteiger partial charge is 0.379 e. The quantitative estimate of drug-likeness (QED) is 0.377. The Hall–Kier alpha value is -1.64. The number of thiazole rings is 1. The Bertz CT molecular complexity index is 1070. The van der Waals surface area contributed by atoms with E-state index in [9.17, 15) is 4.79 Å². The summed E-state index contributed by atoms with van der Waals surface area (Å²) in [6.45, 7) is 9.15. The Morgan fingerprint density at radius 1 is 1.25 bits per heavy atom. The van der Waals surface area contributed by atoms with Crippen LogP contribution in [0.25, 0.3) is 10.2 Å². The van der Waals surface area contributed by atoms with Crippen LogP contribution in [0.1, 0.15) is 29.3 Å². The number of carbonyl (C=O) groups excluding carboxylic acids is 1. The third-order valence-electron chi connectivity index (χ3n) is 5.49. The molecule has 0 unspecified atom stereocenters. The minimum absolute atomic E-state index is 0.0113. The van der Waals surface area contributed by atoms with Crippen molar-refractivity contribution in [3.63, 3.8) is 0 Å². The number of anilines is 1. The van der Waals surface area contributed by atoms with Gasteiger partial charge in [0, 0.05) is 41.7 Å². The van der Waals surface area contributed by atoms with Crippen LogP contribution in [0, 0.1) is 6.92 Å². The first-order valence-electron chi connectivity index (χ1n) is 11.0. The molecule has 4 rings (SSSR count). The number of amides is 1. The van der Waals surface area contributed by atoms with E-state index < -0.39 is 0 Å². The first kappa shape index (κ1) is 23.5. The number of benzene rings is 2. The normalized spacial score (nSPS) is 14.7. The van der Waals surface area contributed by atoms with Crippen molar-refractivity contribution in [1.82, 2.24) is 9.88 Å². The van der Waals surface area contributed by atoms with Gasteiger partial charge in [0.1, 0.15) is 0 Å². The number of rotatable bonds is 8. The van der Waals surface area contributed by atoms with E-state index in [4.69, 9.17) is 21.3 Å². The highest BCUT2D eigenvalue weighted by molar-refractivity contribution is 7.99. The Morgan fingerprint density at radius 2 is 2.00 bits per heavy atom. The highest BCUT2D eigenvalue weighted by Crippen LogP contribution is 2.34. The number of aromatic nitrogens is 1. The second kappa shape index (κ2) is 11.0. The summed E-state index contributed by atoms with van der Waals surface area (Å²) in [6, 6.07) is 11.7. The van der Waals surface area contributed by atoms with Gasteiger partial charge in [0.15, 0.2) is 5.13 Å². The third kappa shape index (κ3) is 5.64. The maximum absolute atomic E-state index is 13.6. The molecular weight excluding hydrogens is 462 g/mol. The fourth-order valence-electron chi connectivity index (χ4n) is 3.84. The van der Waals surface area contributed by atoms with Crippen LogP contribution in [0.2, 0.25) is 5.02 Å². The maximum Gasteiger partial charge on any atom is 0.260 e. The van der Waals surface area contributed by atoms with Gasteiger partial charge in [0.25, 0.3) is 5.91 Å². The Labute approximate surface area is 202 Å². The van der Waals surface area contributed by atoms with Gasteiger partial charge in [-0.1, -0.05) is 29.9 Å². The highest BCUT2D eigenvalue weighted by atomic mass is 35.5. The van der Waals surface area contributed by atoms with Crippen LogP contribution in [-0.2, 0) is 4.74 Å². The lowest BCUT2D eigenvalue weighted by Crippen LogP contribution is -2.39. The molecule has 0 radical (unpaired) electrons. The number of thioether (sulfide) groups is 1. The molecule has 1 aromatic heterocycles. The molecule has 0 N–H and O–H groups in total. The van der Waals surface area contributed by atoms with E-state index in [1.807, 2.05) is 48.2 Å². The summed E-state index contributed by atoms with van der Waals surface area (Å²) in [4.78, 5) is 23.8. The van der Waals surface area contributed by atoms with Gasteiger partial charge in [-0.05, 0) is 61.1 Å². The molecule has 1 saturated heterocycles. The number of ether oxygens (including phenoxy) is 1. The fraction of sp³-hybridized carbons (Fsp3) is 0.417. The summed E-state index contributed by atoms with van der Waals surface area (Å²) in [5.74, 6) is 0.997. The average Bonchev–Trinajstić information content (AvgIpc) is 3.22. The lowest BCUT2D eigenvalue weighted by atomic mass is 10.2. The zero-order valence-corrected chi connectivity index (χ0v) is 20.9. The monoisotopic (exact) mass is 489 g/mol. The average molecular weight is 490 g/mol. The minimum atomic E-state index is -0.0113. The van der Waals surface area contributed by atoms with Crippen LogP contribution in [-0.4, -0.2) is 60.9 Å². The van der Waals surface area contributed by atoms with Crippen LogP contribution in [0.4, 0.5) is 5.13 Å². The smallest absolute Gasteiger partial charge is 0.260 e. The molecule has 170 valence electrons. The van der Waals surface area contributed by atoms with Crippen molar-refractivity contribution in [2.24, 2.45) is 0 Å². The Morgan fingerprint density at radius 3 is 2.72 bits per heavy atom. The van der Waals surface area contributed by atoms with Crippen molar-refractivity contribution < 1.29 is 9.53 Å². The first-order chi connectivity index (χ1) is 15.5. The number of hydrogen-bond acceptors (Lipinski definition) is 6. The summed E-state index contributed by atoms with van der Waals surface area (Å²) in [7, 11) is 0. The minimum Gasteiger partial charge on any atom is -0.379 e. The molecule has 1 fully saturated rings. The number of nitrogens with zero attached hydrogens (tertiary/aromatic N) is 3. The topological polar surface area (TPSA) is 45.7 Å². The standard InChI is InChI=1S/C24H28ClN3O2S2/c1-3-31-20-7-5-18(6-8-20)23(29)28(10-4-9-27-11-13-30-14-12-27)24-26-22-17(2)15-19(25)16-21(22)32-24/h5-8,15-16H,3-4,9-14H2,1-2H3. The van der Waals surface area contributed by atoms with Crippen LogP contribution in [0.15, 0.2) is 41.3 Å². The maximum atomic E-state index is 13.6. The Kier molecular flexibility index (Phi) is 8.07. The molecule has 32 heavy (non-hydrogen) atoms. The summed E-state index contributed by atoms with van der Waals surface area (Å²) in [6.07, 6.45) is 0.880. The molecule has 8 heteroatoms. The van der Waals surface area contributed by atoms with Gasteiger partial charge >= 0.3 is 0 Å². The highest BCUT2D eigenvalue weighted by Gasteiger charge is 2.22. The van der Waals surface area contributed by atoms with E-state index >= 15 is 0 Å². The van der Waals surface area contributed by atoms with Crippen LogP contribution in [0.5, 0.6) is 0 Å². The molecule has 0 aliphatic carbocycles. The number of carbonyl (C=O) groups is 1. The zero-order chi connectivity index (χ0) is 22.5. The zero-order valence-electron chi connectivity index (χ0n) is 18.5. The number of halogens is 1. The van der Waals surface area contributed by atoms with E-state index in [-0.39, 0.29) is 5.91 Å². The molecular formula is C24H28ClN3O2S2. The van der Waals surface area contributed by atoms with E-state index in [2.05, 4.69) is 11.8 Å². The van der Waals surface area contributed by atoms with Gasteiger partial charge in [0.2, 0.25) is 0 Å². The molecule has 1 aliphatic heterocycles. The second-order valence-electron chi connectivity index (χ2n) is 7.79. The van der Waals surface area contributed by atoms with E-state index in [0.717, 1.165) is 65.9 Å². The molecule has 2 aromatic carbocycles. The molecule has 0 spiro atoms. The molecule has 2 heterocycles. The molecule has 0 atom stereocenters. The predicted octanol–water partition coefficient (Wildman–Crippen LogP) is 5.74. The number of hydrogen-bond donors (Lipinski definition) is 0. The molecule has 1 aliphatic rings. The third-order valence-corrected chi connectivity index (χ3v) is 7.62. The van der Waals surface area contributed by atoms with Gasteiger partial charge in [-0.3, -0.25) is 14.6 Å². The van der Waals surface area contributed by atoms with Gasteiger partial charge in [-0.25, -0.2) is 4.98 Å². The summed E-state index contributed by atoms with van der Waals surface area (Å²) in [5.41, 5.74) is 2.62. The number of aryl methyl sites for hydroxylation is 1. The van der Waals surface area contributed by atoms with Gasteiger partial charge in [0.05, 0.1) is 23.4 Å². The van der Waals surface area contributed by atoms with Gasteiger partial charge in [-0.15, -0.1) is 11.8 Å². The van der Waals surface area contributed by atoms with Crippen molar-refractivity contribution in [3.05, 3.63) is 52.5 Å². The van der Waals surface area contributed by atoms with Crippen LogP contribution < -0.4 is 4.90 Å². The van der Waals surface area contributed by atoms with Crippen LogP contribution >= 0.6 is 34.7 Å². The molecule has 0 saturated carbocycles. The summed E-state index contributed by atoms with van der Waals surface area (Å²) in [5, 5.41) is 1.42. The molecule has 3 aromatic rings. The first-order valence-corrected chi connectivity index (χ1v) is 13.1. The lowest BCUT2D eigenvalue weighted by molar-refractivity contribution is 0.0376. The molecule has 0 bridgehead atoms. The van der Waals surface area contributed by atoms with Gasteiger partial charge < -0.3 is 4.74 Å². The second-order valence-corrected chi connectivity index (χ2v) is 10.6. The van der Waals surface area contributed by atoms with Crippen molar-refractivity contribution in [2.45, 2.75) is 25.2 Å². The van der Waals surface area contributed by atoms with Crippen molar-refractivity contribution >= 4 is 56.0 Å². The van der Waals surface area contributed by atoms with Crippen molar-refractivity contribution in [2.75, 3.05) is 50.0 Å². The number of fused-ring (bicyclic) bond motifs is 1. The number of morpholine rings is 1. The van der Waals surface area contributed by atoms with Crippen LogP contribution in [0.3, 0.4) is 0 Å². The molecule has 5 nitrogen and oxygen atoms in total. The van der Waals surface area contributed by atoms with Gasteiger partial charge in [-0.2, -0.15) is 0 Å². The Balaban J connectivity index is 1.58. The van der Waals surface area contributed by atoms with Crippen molar-refractivity contribution in [3.8, 4) is 0 Å². The summed E-state index contributed by atoms with van der Waals surface area (Å²) < 4.78 is 6.45. The van der Waals surface area contributed by atoms with E-state index in [0.29, 0.717) is 17.1 Å². The van der Waals surface area contributed by atoms with E-state index in [1.165, 1.54) is 16.2 Å². The predicted molar refractivity (Wildman–Crippen MR) is 136 cm³/mol.